The molecule has 1 fully saturated rings. The van der Waals surface area contributed by atoms with Crippen molar-refractivity contribution < 1.29 is 4.79 Å². The number of amides is 1. The first-order chi connectivity index (χ1) is 9.72. The largest absolute Gasteiger partial charge is 0.338 e. The highest BCUT2D eigenvalue weighted by Crippen LogP contribution is 2.20. The van der Waals surface area contributed by atoms with Crippen LogP contribution in [0.25, 0.3) is 0 Å². The van der Waals surface area contributed by atoms with Gasteiger partial charge in [-0.25, -0.2) is 0 Å². The van der Waals surface area contributed by atoms with E-state index in [2.05, 4.69) is 19.1 Å². The third-order valence-corrected chi connectivity index (χ3v) is 4.29. The fourth-order valence-corrected chi connectivity index (χ4v) is 3.02. The highest BCUT2D eigenvalue weighted by Gasteiger charge is 2.28. The Morgan fingerprint density at radius 3 is 2.80 bits per heavy atom. The molecule has 2 N–H and O–H groups in total. The average Bonchev–Trinajstić information content (AvgIpc) is 2.52. The third kappa shape index (κ3) is 3.83. The summed E-state index contributed by atoms with van der Waals surface area (Å²) in [6.45, 7) is 3.04. The van der Waals surface area contributed by atoms with Crippen molar-refractivity contribution in [1.29, 1.82) is 0 Å². The van der Waals surface area contributed by atoms with Crippen molar-refractivity contribution in [2.45, 2.75) is 57.5 Å². The SMILES string of the molecule is CCC1CCCCN1C(=O)[C@@H](N)CCc1ccccc1. The van der Waals surface area contributed by atoms with Gasteiger partial charge < -0.3 is 10.6 Å². The van der Waals surface area contributed by atoms with E-state index in [1.165, 1.54) is 12.0 Å². The van der Waals surface area contributed by atoms with Gasteiger partial charge in [-0.2, -0.15) is 0 Å². The van der Waals surface area contributed by atoms with Crippen LogP contribution in [-0.2, 0) is 11.2 Å². The summed E-state index contributed by atoms with van der Waals surface area (Å²) in [4.78, 5) is 14.5. The number of hydrogen-bond acceptors (Lipinski definition) is 2. The van der Waals surface area contributed by atoms with Gasteiger partial charge in [0, 0.05) is 12.6 Å². The molecule has 1 aliphatic rings. The zero-order chi connectivity index (χ0) is 14.4. The molecule has 1 amide bonds. The average molecular weight is 274 g/mol. The lowest BCUT2D eigenvalue weighted by Crippen LogP contribution is -2.50. The zero-order valence-corrected chi connectivity index (χ0v) is 12.4. The second-order valence-corrected chi connectivity index (χ2v) is 5.72. The van der Waals surface area contributed by atoms with Gasteiger partial charge in [-0.3, -0.25) is 4.79 Å². The Bertz CT molecular complexity index is 418. The zero-order valence-electron chi connectivity index (χ0n) is 12.4. The van der Waals surface area contributed by atoms with Gasteiger partial charge in [0.05, 0.1) is 6.04 Å². The number of likely N-dealkylation sites (tertiary alicyclic amines) is 1. The Balaban J connectivity index is 1.87. The molecule has 3 heteroatoms. The molecule has 1 unspecified atom stereocenters. The van der Waals surface area contributed by atoms with Crippen LogP contribution < -0.4 is 5.73 Å². The number of aryl methyl sites for hydroxylation is 1. The van der Waals surface area contributed by atoms with Crippen LogP contribution >= 0.6 is 0 Å². The van der Waals surface area contributed by atoms with Crippen molar-refractivity contribution in [3.05, 3.63) is 35.9 Å². The minimum Gasteiger partial charge on any atom is -0.338 e. The summed E-state index contributed by atoms with van der Waals surface area (Å²) >= 11 is 0. The molecule has 0 aromatic heterocycles. The molecule has 1 aromatic rings. The van der Waals surface area contributed by atoms with Crippen LogP contribution in [-0.4, -0.2) is 29.4 Å². The number of piperidine rings is 1. The second kappa shape index (κ2) is 7.44. The maximum absolute atomic E-state index is 12.5. The standard InChI is InChI=1S/C17H26N2O/c1-2-15-10-6-7-13-19(15)17(20)16(18)12-11-14-8-4-3-5-9-14/h3-5,8-9,15-16H,2,6-7,10-13,18H2,1H3/t15?,16-/m0/s1. The van der Waals surface area contributed by atoms with Gasteiger partial charge in [-0.1, -0.05) is 37.3 Å². The summed E-state index contributed by atoms with van der Waals surface area (Å²) in [7, 11) is 0. The van der Waals surface area contributed by atoms with E-state index >= 15 is 0 Å². The number of nitrogens with two attached hydrogens (primary N) is 1. The molecule has 0 spiro atoms. The van der Waals surface area contributed by atoms with E-state index in [0.29, 0.717) is 6.04 Å². The molecule has 1 aromatic carbocycles. The molecule has 0 saturated carbocycles. The van der Waals surface area contributed by atoms with E-state index in [4.69, 9.17) is 5.73 Å². The van der Waals surface area contributed by atoms with Crippen molar-refractivity contribution in [3.63, 3.8) is 0 Å². The summed E-state index contributed by atoms with van der Waals surface area (Å²) in [6.07, 6.45) is 6.13. The number of benzene rings is 1. The van der Waals surface area contributed by atoms with Crippen LogP contribution in [0.5, 0.6) is 0 Å². The Labute approximate surface area is 122 Å². The lowest BCUT2D eigenvalue weighted by molar-refractivity contribution is -0.136. The van der Waals surface area contributed by atoms with E-state index < -0.39 is 0 Å². The van der Waals surface area contributed by atoms with E-state index in [0.717, 1.165) is 38.6 Å². The Morgan fingerprint density at radius 2 is 2.10 bits per heavy atom. The maximum atomic E-state index is 12.5. The van der Waals surface area contributed by atoms with Crippen LogP contribution in [0, 0.1) is 0 Å². The first-order valence-electron chi connectivity index (χ1n) is 7.82. The highest BCUT2D eigenvalue weighted by atomic mass is 16.2. The molecule has 2 rings (SSSR count). The Kier molecular flexibility index (Phi) is 5.60. The summed E-state index contributed by atoms with van der Waals surface area (Å²) in [5, 5.41) is 0. The van der Waals surface area contributed by atoms with Crippen LogP contribution in [0.1, 0.15) is 44.6 Å². The molecule has 20 heavy (non-hydrogen) atoms. The fourth-order valence-electron chi connectivity index (χ4n) is 3.02. The predicted molar refractivity (Wildman–Crippen MR) is 82.4 cm³/mol. The Morgan fingerprint density at radius 1 is 1.35 bits per heavy atom. The molecule has 1 saturated heterocycles. The van der Waals surface area contributed by atoms with Gasteiger partial charge in [0.25, 0.3) is 0 Å². The lowest BCUT2D eigenvalue weighted by atomic mass is 9.97. The van der Waals surface area contributed by atoms with Crippen LogP contribution in [0.4, 0.5) is 0 Å². The van der Waals surface area contributed by atoms with Crippen molar-refractivity contribution in [1.82, 2.24) is 4.90 Å². The van der Waals surface area contributed by atoms with E-state index in [-0.39, 0.29) is 11.9 Å². The van der Waals surface area contributed by atoms with E-state index in [1.807, 2.05) is 23.1 Å². The van der Waals surface area contributed by atoms with Gasteiger partial charge in [0.15, 0.2) is 0 Å². The van der Waals surface area contributed by atoms with Gasteiger partial charge in [0.2, 0.25) is 5.91 Å². The normalized spacial score (nSPS) is 20.7. The van der Waals surface area contributed by atoms with E-state index in [1.54, 1.807) is 0 Å². The fraction of sp³-hybridized carbons (Fsp3) is 0.588. The van der Waals surface area contributed by atoms with Crippen molar-refractivity contribution >= 4 is 5.91 Å². The van der Waals surface area contributed by atoms with Gasteiger partial charge in [-0.05, 0) is 44.1 Å². The molecule has 110 valence electrons. The van der Waals surface area contributed by atoms with Gasteiger partial charge in [-0.15, -0.1) is 0 Å². The minimum absolute atomic E-state index is 0.146. The predicted octanol–water partition coefficient (Wildman–Crippen LogP) is 2.74. The molecule has 1 heterocycles. The number of carbonyl (C=O) groups excluding carboxylic acids is 1. The minimum atomic E-state index is -0.359. The summed E-state index contributed by atoms with van der Waals surface area (Å²) < 4.78 is 0. The second-order valence-electron chi connectivity index (χ2n) is 5.72. The molecule has 0 aliphatic carbocycles. The monoisotopic (exact) mass is 274 g/mol. The molecule has 2 atom stereocenters. The van der Waals surface area contributed by atoms with Crippen molar-refractivity contribution in [2.75, 3.05) is 6.54 Å². The molecule has 3 nitrogen and oxygen atoms in total. The smallest absolute Gasteiger partial charge is 0.239 e. The molecule has 1 aliphatic heterocycles. The van der Waals surface area contributed by atoms with Gasteiger partial charge >= 0.3 is 0 Å². The Hall–Kier alpha value is -1.35. The van der Waals surface area contributed by atoms with Crippen molar-refractivity contribution in [3.8, 4) is 0 Å². The highest BCUT2D eigenvalue weighted by molar-refractivity contribution is 5.82. The van der Waals surface area contributed by atoms with Crippen LogP contribution in [0.3, 0.4) is 0 Å². The van der Waals surface area contributed by atoms with Crippen LogP contribution in [0.2, 0.25) is 0 Å². The topological polar surface area (TPSA) is 46.3 Å². The lowest BCUT2D eigenvalue weighted by Gasteiger charge is -2.36. The summed E-state index contributed by atoms with van der Waals surface area (Å²) in [6, 6.07) is 10.3. The van der Waals surface area contributed by atoms with Gasteiger partial charge in [0.1, 0.15) is 0 Å². The molecular weight excluding hydrogens is 248 g/mol. The first kappa shape index (κ1) is 15.0. The molecular formula is C17H26N2O. The number of carbonyl (C=O) groups is 1. The summed E-state index contributed by atoms with van der Waals surface area (Å²) in [5.41, 5.74) is 7.37. The number of hydrogen-bond donors (Lipinski definition) is 1. The molecule has 0 bridgehead atoms. The number of rotatable bonds is 5. The number of nitrogens with zero attached hydrogens (tertiary/aromatic N) is 1. The van der Waals surface area contributed by atoms with E-state index in [9.17, 15) is 4.79 Å². The first-order valence-corrected chi connectivity index (χ1v) is 7.82. The van der Waals surface area contributed by atoms with Crippen molar-refractivity contribution in [2.24, 2.45) is 5.73 Å². The quantitative estimate of drug-likeness (QED) is 0.897. The van der Waals surface area contributed by atoms with Crippen LogP contribution in [0.15, 0.2) is 30.3 Å². The maximum Gasteiger partial charge on any atom is 0.239 e. The third-order valence-electron chi connectivity index (χ3n) is 4.29. The summed E-state index contributed by atoms with van der Waals surface area (Å²) in [5.74, 6) is 0.146. The molecule has 0 radical (unpaired) electrons.